The van der Waals surface area contributed by atoms with Crippen molar-refractivity contribution in [3.8, 4) is 5.88 Å². The molecule has 26 heavy (non-hydrogen) atoms. The maximum Gasteiger partial charge on any atom is 0.239 e. The van der Waals surface area contributed by atoms with E-state index in [4.69, 9.17) is 15.2 Å². The Hall–Kier alpha value is -2.18. The van der Waals surface area contributed by atoms with E-state index in [1.54, 1.807) is 13.3 Å². The van der Waals surface area contributed by atoms with Crippen LogP contribution in [-0.2, 0) is 17.8 Å². The average molecular weight is 356 g/mol. The second kappa shape index (κ2) is 9.50. The highest BCUT2D eigenvalue weighted by Gasteiger charge is 2.25. The average Bonchev–Trinajstić information content (AvgIpc) is 2.80. The van der Waals surface area contributed by atoms with Gasteiger partial charge in [-0.1, -0.05) is 36.8 Å². The molecular formula is C20H28N4O2. The summed E-state index contributed by atoms with van der Waals surface area (Å²) in [6, 6.07) is 10.5. The smallest absolute Gasteiger partial charge is 0.239 e. The first-order valence-corrected chi connectivity index (χ1v) is 9.28. The van der Waals surface area contributed by atoms with Crippen LogP contribution in [0.2, 0.25) is 0 Å². The van der Waals surface area contributed by atoms with Crippen LogP contribution in [-0.4, -0.2) is 41.2 Å². The molecule has 0 amide bonds. The Labute approximate surface area is 155 Å². The van der Waals surface area contributed by atoms with E-state index in [9.17, 15) is 0 Å². The van der Waals surface area contributed by atoms with E-state index in [1.165, 1.54) is 5.56 Å². The highest BCUT2D eigenvalue weighted by Crippen LogP contribution is 2.25. The van der Waals surface area contributed by atoms with E-state index in [0.29, 0.717) is 11.7 Å². The second-order valence-electron chi connectivity index (χ2n) is 6.78. The zero-order valence-corrected chi connectivity index (χ0v) is 15.4. The molecule has 1 atom stereocenters. The summed E-state index contributed by atoms with van der Waals surface area (Å²) in [5, 5.41) is 0. The van der Waals surface area contributed by atoms with Crippen molar-refractivity contribution >= 4 is 5.82 Å². The molecule has 1 aromatic carbocycles. The number of benzene rings is 1. The first kappa shape index (κ1) is 18.6. The number of unbranched alkanes of at least 4 members (excludes halogenated alkanes) is 2. The number of hydrogen-bond acceptors (Lipinski definition) is 6. The zero-order valence-electron chi connectivity index (χ0n) is 15.4. The maximum atomic E-state index is 6.19. The highest BCUT2D eigenvalue weighted by atomic mass is 16.5. The number of nitrogens with zero attached hydrogens (tertiary/aromatic N) is 3. The lowest BCUT2D eigenvalue weighted by atomic mass is 10.1. The van der Waals surface area contributed by atoms with Crippen LogP contribution in [0.25, 0.3) is 0 Å². The van der Waals surface area contributed by atoms with Crippen LogP contribution in [0, 0.1) is 0 Å². The normalized spacial score (nSPS) is 17.3. The molecule has 2 N–H and O–H groups in total. The lowest BCUT2D eigenvalue weighted by Crippen LogP contribution is -2.32. The van der Waals surface area contributed by atoms with Gasteiger partial charge in [0.25, 0.3) is 0 Å². The van der Waals surface area contributed by atoms with Crippen molar-refractivity contribution in [2.45, 2.75) is 44.9 Å². The number of nitrogens with two attached hydrogens (primary N) is 1. The summed E-state index contributed by atoms with van der Waals surface area (Å²) in [5.74, 6) is 0.988. The van der Waals surface area contributed by atoms with Gasteiger partial charge < -0.3 is 15.2 Å². The second-order valence-corrected chi connectivity index (χ2v) is 6.78. The van der Waals surface area contributed by atoms with Gasteiger partial charge in [0.1, 0.15) is 17.6 Å². The number of hydrogen-bond donors (Lipinski definition) is 1. The van der Waals surface area contributed by atoms with Gasteiger partial charge in [-0.25, -0.2) is 0 Å². The molecule has 0 saturated heterocycles. The van der Waals surface area contributed by atoms with Gasteiger partial charge in [0, 0.05) is 33.4 Å². The number of anilines is 1. The summed E-state index contributed by atoms with van der Waals surface area (Å²) in [7, 11) is 1.75. The number of aromatic nitrogens is 2. The lowest BCUT2D eigenvalue weighted by molar-refractivity contribution is 0.127. The molecule has 1 unspecified atom stereocenters. The summed E-state index contributed by atoms with van der Waals surface area (Å²) in [4.78, 5) is 11.2. The topological polar surface area (TPSA) is 73.5 Å². The van der Waals surface area contributed by atoms with E-state index in [0.717, 1.165) is 57.6 Å². The lowest BCUT2D eigenvalue weighted by Gasteiger charge is -2.23. The number of nitrogen functional groups attached to an aromatic ring is 1. The monoisotopic (exact) mass is 356 g/mol. The molecule has 3 rings (SSSR count). The molecule has 1 aliphatic rings. The first-order chi connectivity index (χ1) is 12.7. The molecule has 2 heterocycles. The zero-order chi connectivity index (χ0) is 18.2. The van der Waals surface area contributed by atoms with E-state index in [1.807, 2.05) is 6.07 Å². The molecule has 0 fully saturated rings. The summed E-state index contributed by atoms with van der Waals surface area (Å²) < 4.78 is 11.3. The van der Waals surface area contributed by atoms with Gasteiger partial charge in [-0.3, -0.25) is 9.88 Å². The fourth-order valence-electron chi connectivity index (χ4n) is 3.28. The molecule has 0 spiro atoms. The van der Waals surface area contributed by atoms with Gasteiger partial charge in [-0.05, 0) is 24.8 Å². The van der Waals surface area contributed by atoms with Crippen LogP contribution in [0.5, 0.6) is 5.88 Å². The fraction of sp³-hybridized carbons (Fsp3) is 0.500. The van der Waals surface area contributed by atoms with E-state index in [2.05, 4.69) is 39.1 Å². The summed E-state index contributed by atoms with van der Waals surface area (Å²) in [5.41, 5.74) is 7.96. The van der Waals surface area contributed by atoms with Gasteiger partial charge in [-0.2, -0.15) is 4.98 Å². The van der Waals surface area contributed by atoms with E-state index >= 15 is 0 Å². The number of fused-ring (bicyclic) bond motifs is 1. The third kappa shape index (κ3) is 5.41. The van der Waals surface area contributed by atoms with E-state index in [-0.39, 0.29) is 6.10 Å². The largest absolute Gasteiger partial charge is 0.472 e. The predicted octanol–water partition coefficient (Wildman–Crippen LogP) is 3.03. The molecule has 0 radical (unpaired) electrons. The fourth-order valence-corrected chi connectivity index (χ4v) is 3.28. The summed E-state index contributed by atoms with van der Waals surface area (Å²) in [6.45, 7) is 3.27. The van der Waals surface area contributed by atoms with Crippen molar-refractivity contribution in [2.24, 2.45) is 0 Å². The van der Waals surface area contributed by atoms with Gasteiger partial charge in [-0.15, -0.1) is 0 Å². The van der Waals surface area contributed by atoms with Crippen LogP contribution in [0.1, 0.15) is 36.9 Å². The van der Waals surface area contributed by atoms with Crippen molar-refractivity contribution in [3.05, 3.63) is 47.8 Å². The quantitative estimate of drug-likeness (QED) is 0.733. The molecule has 0 aliphatic carbocycles. The van der Waals surface area contributed by atoms with Crippen molar-refractivity contribution in [3.63, 3.8) is 0 Å². The molecule has 140 valence electrons. The van der Waals surface area contributed by atoms with Crippen LogP contribution in [0.15, 0.2) is 36.5 Å². The van der Waals surface area contributed by atoms with Gasteiger partial charge in [0.2, 0.25) is 5.88 Å². The third-order valence-electron chi connectivity index (χ3n) is 4.57. The van der Waals surface area contributed by atoms with Crippen molar-refractivity contribution < 1.29 is 9.47 Å². The minimum atomic E-state index is 0.0959. The molecule has 1 aromatic heterocycles. The third-order valence-corrected chi connectivity index (χ3v) is 4.57. The van der Waals surface area contributed by atoms with E-state index < -0.39 is 0 Å². The first-order valence-electron chi connectivity index (χ1n) is 9.28. The minimum absolute atomic E-state index is 0.0959. The Kier molecular flexibility index (Phi) is 6.80. The Morgan fingerprint density at radius 3 is 2.88 bits per heavy atom. The molecular weight excluding hydrogens is 328 g/mol. The molecule has 6 heteroatoms. The van der Waals surface area contributed by atoms with Crippen LogP contribution in [0.4, 0.5) is 5.82 Å². The van der Waals surface area contributed by atoms with Crippen molar-refractivity contribution in [1.29, 1.82) is 0 Å². The Morgan fingerprint density at radius 2 is 2.08 bits per heavy atom. The number of rotatable bonds is 8. The standard InChI is InChI=1S/C20H28N4O2/c1-25-11-7-3-6-10-17-14-24(13-16-8-4-2-5-9-16)15-18-20(26-17)23-19(21)12-22-18/h2,4-5,8-9,12,17H,3,6-7,10-11,13-15H2,1H3,(H2,21,23). The Balaban J connectivity index is 1.68. The molecule has 6 nitrogen and oxygen atoms in total. The predicted molar refractivity (Wildman–Crippen MR) is 102 cm³/mol. The highest BCUT2D eigenvalue weighted by molar-refractivity contribution is 5.32. The van der Waals surface area contributed by atoms with Crippen LogP contribution in [0.3, 0.4) is 0 Å². The van der Waals surface area contributed by atoms with Crippen molar-refractivity contribution in [2.75, 3.05) is 26.0 Å². The van der Waals surface area contributed by atoms with Gasteiger partial charge in [0.15, 0.2) is 0 Å². The van der Waals surface area contributed by atoms with Crippen LogP contribution >= 0.6 is 0 Å². The molecule has 2 aromatic rings. The number of ether oxygens (including phenoxy) is 2. The molecule has 0 bridgehead atoms. The maximum absolute atomic E-state index is 6.19. The minimum Gasteiger partial charge on any atom is -0.472 e. The Bertz CT molecular complexity index is 681. The number of methoxy groups -OCH3 is 1. The Morgan fingerprint density at radius 1 is 1.23 bits per heavy atom. The van der Waals surface area contributed by atoms with Gasteiger partial charge >= 0.3 is 0 Å². The molecule has 1 aliphatic heterocycles. The SMILES string of the molecule is COCCCCCC1CN(Cc2ccccc2)Cc2ncc(N)nc2O1. The summed E-state index contributed by atoms with van der Waals surface area (Å²) >= 11 is 0. The summed E-state index contributed by atoms with van der Waals surface area (Å²) in [6.07, 6.45) is 6.03. The van der Waals surface area contributed by atoms with Crippen LogP contribution < -0.4 is 10.5 Å². The molecule has 0 saturated carbocycles. The van der Waals surface area contributed by atoms with Crippen molar-refractivity contribution in [1.82, 2.24) is 14.9 Å². The van der Waals surface area contributed by atoms with Gasteiger partial charge in [0.05, 0.1) is 6.20 Å².